The van der Waals surface area contributed by atoms with Crippen LogP contribution in [-0.2, 0) is 17.8 Å². The predicted octanol–water partition coefficient (Wildman–Crippen LogP) is 4.06. The molecular formula is C18H18N2O. The molecule has 0 spiro atoms. The van der Waals surface area contributed by atoms with Crippen molar-refractivity contribution in [3.63, 3.8) is 0 Å². The lowest BCUT2D eigenvalue weighted by Crippen LogP contribution is -2.11. The number of ether oxygens (including phenoxy) is 1. The van der Waals surface area contributed by atoms with Gasteiger partial charge in [-0.05, 0) is 65.9 Å². The van der Waals surface area contributed by atoms with Crippen molar-refractivity contribution in [2.45, 2.75) is 20.0 Å². The van der Waals surface area contributed by atoms with Crippen LogP contribution in [0.4, 0.5) is 0 Å². The summed E-state index contributed by atoms with van der Waals surface area (Å²) >= 11 is 0. The van der Waals surface area contributed by atoms with Gasteiger partial charge in [0.1, 0.15) is 0 Å². The van der Waals surface area contributed by atoms with Crippen molar-refractivity contribution in [3.05, 3.63) is 59.4 Å². The van der Waals surface area contributed by atoms with E-state index in [1.807, 2.05) is 18.5 Å². The topological polar surface area (TPSA) is 40.8 Å². The molecule has 3 heteroatoms. The largest absolute Gasteiger partial charge is 0.376 e. The van der Waals surface area contributed by atoms with Crippen molar-refractivity contribution in [2.75, 3.05) is 6.61 Å². The molecule has 0 saturated carbocycles. The van der Waals surface area contributed by atoms with E-state index in [9.17, 15) is 0 Å². The maximum absolute atomic E-state index is 5.64. The fourth-order valence-electron chi connectivity index (χ4n) is 3.08. The molecule has 0 bridgehead atoms. The predicted molar refractivity (Wildman–Crippen MR) is 84.1 cm³/mol. The fourth-order valence-corrected chi connectivity index (χ4v) is 3.08. The molecule has 2 aromatic heterocycles. The van der Waals surface area contributed by atoms with Crippen molar-refractivity contribution >= 4 is 0 Å². The number of hydrogen-bond acceptors (Lipinski definition) is 1. The molecule has 0 amide bonds. The second kappa shape index (κ2) is 4.93. The number of aryl methyl sites for hydroxylation is 1. The Kier molecular flexibility index (Phi) is 2.93. The van der Waals surface area contributed by atoms with Crippen LogP contribution in [0.25, 0.3) is 22.5 Å². The first kappa shape index (κ1) is 12.5. The van der Waals surface area contributed by atoms with E-state index in [4.69, 9.17) is 4.74 Å². The zero-order chi connectivity index (χ0) is 14.2. The Bertz CT molecular complexity index is 769. The fraction of sp³-hybridized carbons (Fsp3) is 0.222. The van der Waals surface area contributed by atoms with Crippen LogP contribution in [0, 0.1) is 6.92 Å². The van der Waals surface area contributed by atoms with Crippen molar-refractivity contribution in [1.29, 1.82) is 0 Å². The van der Waals surface area contributed by atoms with Crippen LogP contribution in [0.5, 0.6) is 0 Å². The highest BCUT2D eigenvalue weighted by Crippen LogP contribution is 2.33. The lowest BCUT2D eigenvalue weighted by atomic mass is 9.92. The van der Waals surface area contributed by atoms with E-state index in [0.29, 0.717) is 6.61 Å². The summed E-state index contributed by atoms with van der Waals surface area (Å²) in [6.45, 7) is 3.62. The second-order valence-electron chi connectivity index (χ2n) is 5.64. The third-order valence-electron chi connectivity index (χ3n) is 4.12. The highest BCUT2D eigenvalue weighted by atomic mass is 16.5. The highest BCUT2D eigenvalue weighted by Gasteiger charge is 2.17. The number of benzene rings is 1. The number of aromatic amines is 2. The monoisotopic (exact) mass is 278 g/mol. The summed E-state index contributed by atoms with van der Waals surface area (Å²) in [5.41, 5.74) is 8.82. The first-order chi connectivity index (χ1) is 10.3. The highest BCUT2D eigenvalue weighted by molar-refractivity contribution is 5.75. The van der Waals surface area contributed by atoms with Crippen molar-refractivity contribution in [3.8, 4) is 22.5 Å². The quantitative estimate of drug-likeness (QED) is 0.729. The van der Waals surface area contributed by atoms with Gasteiger partial charge in [-0.15, -0.1) is 0 Å². The van der Waals surface area contributed by atoms with Crippen LogP contribution in [-0.4, -0.2) is 16.6 Å². The molecule has 106 valence electrons. The summed E-state index contributed by atoms with van der Waals surface area (Å²) in [6.07, 6.45) is 5.00. The van der Waals surface area contributed by atoms with Gasteiger partial charge in [0.05, 0.1) is 13.2 Å². The normalized spacial score (nSPS) is 14.1. The van der Waals surface area contributed by atoms with E-state index in [1.54, 1.807) is 0 Å². The molecular weight excluding hydrogens is 260 g/mol. The van der Waals surface area contributed by atoms with E-state index >= 15 is 0 Å². The molecule has 3 heterocycles. The van der Waals surface area contributed by atoms with Crippen LogP contribution >= 0.6 is 0 Å². The van der Waals surface area contributed by atoms with Gasteiger partial charge in [0.25, 0.3) is 0 Å². The Hall–Kier alpha value is -2.26. The van der Waals surface area contributed by atoms with Crippen LogP contribution in [0.2, 0.25) is 0 Å². The molecule has 0 saturated heterocycles. The standard InChI is InChI=1S/C18H18N2O/c1-12-7-18(20-10-12)13-8-14-11-21-6-4-15(14)16(9-13)17-3-2-5-19-17/h2-3,5,7-10,19-20H,4,6,11H2,1H3. The Morgan fingerprint density at radius 2 is 2.05 bits per heavy atom. The van der Waals surface area contributed by atoms with Gasteiger partial charge >= 0.3 is 0 Å². The molecule has 1 aromatic carbocycles. The molecule has 1 aliphatic heterocycles. The van der Waals surface area contributed by atoms with Crippen LogP contribution in [0.3, 0.4) is 0 Å². The number of fused-ring (bicyclic) bond motifs is 1. The minimum Gasteiger partial charge on any atom is -0.376 e. The SMILES string of the molecule is Cc1c[nH]c(-c2cc3c(c(-c4ccc[nH]4)c2)CCOC3)c1. The Morgan fingerprint density at radius 3 is 2.81 bits per heavy atom. The van der Waals surface area contributed by atoms with E-state index in [0.717, 1.165) is 18.7 Å². The number of rotatable bonds is 2. The lowest BCUT2D eigenvalue weighted by molar-refractivity contribution is 0.111. The summed E-state index contributed by atoms with van der Waals surface area (Å²) in [5.74, 6) is 0. The first-order valence-corrected chi connectivity index (χ1v) is 7.34. The van der Waals surface area contributed by atoms with Gasteiger partial charge in [0.15, 0.2) is 0 Å². The first-order valence-electron chi connectivity index (χ1n) is 7.34. The maximum atomic E-state index is 5.64. The van der Waals surface area contributed by atoms with Gasteiger partial charge in [-0.1, -0.05) is 0 Å². The molecule has 3 aromatic rings. The van der Waals surface area contributed by atoms with E-state index < -0.39 is 0 Å². The van der Waals surface area contributed by atoms with Crippen molar-refractivity contribution in [2.24, 2.45) is 0 Å². The molecule has 4 rings (SSSR count). The third kappa shape index (κ3) is 2.20. The smallest absolute Gasteiger partial charge is 0.0720 e. The van der Waals surface area contributed by atoms with E-state index in [2.05, 4.69) is 41.2 Å². The van der Waals surface area contributed by atoms with Crippen LogP contribution < -0.4 is 0 Å². The molecule has 0 aliphatic carbocycles. The number of nitrogens with one attached hydrogen (secondary N) is 2. The summed E-state index contributed by atoms with van der Waals surface area (Å²) in [5, 5.41) is 0. The molecule has 0 unspecified atom stereocenters. The van der Waals surface area contributed by atoms with Crippen molar-refractivity contribution < 1.29 is 4.74 Å². The number of aromatic nitrogens is 2. The zero-order valence-corrected chi connectivity index (χ0v) is 12.1. The van der Waals surface area contributed by atoms with Gasteiger partial charge in [-0.25, -0.2) is 0 Å². The summed E-state index contributed by atoms with van der Waals surface area (Å²) in [4.78, 5) is 6.69. The molecule has 0 fully saturated rings. The Labute approximate surface area is 124 Å². The molecule has 3 nitrogen and oxygen atoms in total. The van der Waals surface area contributed by atoms with Crippen LogP contribution in [0.1, 0.15) is 16.7 Å². The lowest BCUT2D eigenvalue weighted by Gasteiger charge is -2.21. The molecule has 2 N–H and O–H groups in total. The second-order valence-corrected chi connectivity index (χ2v) is 5.64. The maximum Gasteiger partial charge on any atom is 0.0720 e. The van der Waals surface area contributed by atoms with E-state index in [1.165, 1.54) is 33.5 Å². The average Bonchev–Trinajstić information content (AvgIpc) is 3.17. The molecule has 0 radical (unpaired) electrons. The van der Waals surface area contributed by atoms with Crippen molar-refractivity contribution in [1.82, 2.24) is 9.97 Å². The van der Waals surface area contributed by atoms with Gasteiger partial charge < -0.3 is 14.7 Å². The molecule has 21 heavy (non-hydrogen) atoms. The summed E-state index contributed by atoms with van der Waals surface area (Å²) in [6, 6.07) is 10.9. The minimum atomic E-state index is 0.705. The van der Waals surface area contributed by atoms with Gasteiger partial charge in [0.2, 0.25) is 0 Å². The van der Waals surface area contributed by atoms with Gasteiger partial charge in [-0.2, -0.15) is 0 Å². The number of hydrogen-bond donors (Lipinski definition) is 2. The third-order valence-corrected chi connectivity index (χ3v) is 4.12. The molecule has 1 aliphatic rings. The summed E-state index contributed by atoms with van der Waals surface area (Å²) < 4.78 is 5.64. The molecule has 0 atom stereocenters. The minimum absolute atomic E-state index is 0.705. The summed E-state index contributed by atoms with van der Waals surface area (Å²) in [7, 11) is 0. The van der Waals surface area contributed by atoms with Crippen LogP contribution in [0.15, 0.2) is 42.7 Å². The van der Waals surface area contributed by atoms with E-state index in [-0.39, 0.29) is 0 Å². The number of H-pyrrole nitrogens is 2. The Balaban J connectivity index is 1.92. The average molecular weight is 278 g/mol. The zero-order valence-electron chi connectivity index (χ0n) is 12.1. The Morgan fingerprint density at radius 1 is 1.10 bits per heavy atom. The van der Waals surface area contributed by atoms with Gasteiger partial charge in [0, 0.05) is 29.3 Å². The van der Waals surface area contributed by atoms with Gasteiger partial charge in [-0.3, -0.25) is 0 Å².